The van der Waals surface area contributed by atoms with Crippen LogP contribution >= 0.6 is 11.6 Å². The van der Waals surface area contributed by atoms with Crippen LogP contribution in [0.2, 0.25) is 5.28 Å². The topological polar surface area (TPSA) is 110 Å². The van der Waals surface area contributed by atoms with Crippen molar-refractivity contribution in [2.24, 2.45) is 0 Å². The predicted molar refractivity (Wildman–Crippen MR) is 122 cm³/mol. The van der Waals surface area contributed by atoms with Crippen LogP contribution in [0.5, 0.6) is 5.88 Å². The number of nitrogens with zero attached hydrogens (tertiary/aromatic N) is 4. The van der Waals surface area contributed by atoms with Crippen LogP contribution in [0.25, 0.3) is 22.3 Å². The number of aromatic carboxylic acids is 1. The van der Waals surface area contributed by atoms with E-state index >= 15 is 0 Å². The number of methoxy groups -OCH3 is 1. The quantitative estimate of drug-likeness (QED) is 0.389. The minimum atomic E-state index is -1.11. The second-order valence-corrected chi connectivity index (χ2v) is 7.63. The van der Waals surface area contributed by atoms with Gasteiger partial charge in [-0.15, -0.1) is 0 Å². The predicted octanol–water partition coefficient (Wildman–Crippen LogP) is 4.69. The highest BCUT2D eigenvalue weighted by Crippen LogP contribution is 2.32. The summed E-state index contributed by atoms with van der Waals surface area (Å²) in [5, 5.41) is 18.7. The molecule has 2 heterocycles. The number of ether oxygens (including phenoxy) is 2. The molecule has 0 radical (unpaired) electrons. The third-order valence-corrected chi connectivity index (χ3v) is 5.42. The Balaban J connectivity index is 1.71. The lowest BCUT2D eigenvalue weighted by Gasteiger charge is -2.10. The molecule has 1 N–H and O–H groups in total. The van der Waals surface area contributed by atoms with Gasteiger partial charge in [-0.3, -0.25) is 0 Å². The molecule has 0 spiro atoms. The van der Waals surface area contributed by atoms with Crippen molar-refractivity contribution in [2.75, 3.05) is 13.7 Å². The van der Waals surface area contributed by atoms with Crippen molar-refractivity contribution < 1.29 is 23.8 Å². The molecule has 10 heteroatoms. The van der Waals surface area contributed by atoms with Gasteiger partial charge in [-0.05, 0) is 41.9 Å². The number of fused-ring (bicyclic) bond motifs is 1. The molecule has 8 nitrogen and oxygen atoms in total. The number of carboxylic acid groups (broad SMARTS) is 1. The molecular formula is C24H18ClFN4O4. The lowest BCUT2D eigenvalue weighted by molar-refractivity contribution is 0.0697. The van der Waals surface area contributed by atoms with Crippen molar-refractivity contribution >= 4 is 28.6 Å². The molecule has 0 unspecified atom stereocenters. The van der Waals surface area contributed by atoms with E-state index in [1.165, 1.54) is 24.3 Å². The summed E-state index contributed by atoms with van der Waals surface area (Å²) in [5.41, 5.74) is 2.42. The molecule has 34 heavy (non-hydrogen) atoms. The lowest BCUT2D eigenvalue weighted by Crippen LogP contribution is -2.05. The minimum absolute atomic E-state index is 0.0468. The third-order valence-electron chi connectivity index (χ3n) is 5.13. The molecule has 0 aliphatic heterocycles. The Bertz CT molecular complexity index is 1430. The van der Waals surface area contributed by atoms with Crippen molar-refractivity contribution in [3.05, 3.63) is 76.3 Å². The van der Waals surface area contributed by atoms with Crippen molar-refractivity contribution in [3.63, 3.8) is 0 Å². The van der Waals surface area contributed by atoms with Gasteiger partial charge in [-0.1, -0.05) is 12.1 Å². The second kappa shape index (κ2) is 9.87. The van der Waals surface area contributed by atoms with E-state index in [-0.39, 0.29) is 34.5 Å². The number of hydrogen-bond acceptors (Lipinski definition) is 6. The highest BCUT2D eigenvalue weighted by atomic mass is 35.5. The minimum Gasteiger partial charge on any atom is -0.478 e. The molecule has 4 aromatic rings. The van der Waals surface area contributed by atoms with Crippen LogP contribution in [0.3, 0.4) is 0 Å². The first-order valence-electron chi connectivity index (χ1n) is 10.1. The molecule has 0 saturated carbocycles. The van der Waals surface area contributed by atoms with Crippen LogP contribution in [0.15, 0.2) is 48.5 Å². The number of halogens is 2. The largest absolute Gasteiger partial charge is 0.478 e. The molecule has 0 bridgehead atoms. The summed E-state index contributed by atoms with van der Waals surface area (Å²) in [5.74, 6) is -1.45. The van der Waals surface area contributed by atoms with Gasteiger partial charge in [0.2, 0.25) is 11.2 Å². The van der Waals surface area contributed by atoms with Crippen molar-refractivity contribution in [1.82, 2.24) is 14.5 Å². The maximum absolute atomic E-state index is 14.2. The Hall–Kier alpha value is -4.00. The molecule has 0 atom stereocenters. The average molecular weight is 481 g/mol. The zero-order valence-electron chi connectivity index (χ0n) is 18.0. The van der Waals surface area contributed by atoms with Gasteiger partial charge in [0.15, 0.2) is 0 Å². The highest BCUT2D eigenvalue weighted by Gasteiger charge is 2.19. The fraction of sp³-hybridized carbons (Fsp3) is 0.167. The van der Waals surface area contributed by atoms with Crippen LogP contribution in [-0.2, 0) is 17.9 Å². The second-order valence-electron chi connectivity index (χ2n) is 7.29. The number of aromatic nitrogens is 3. The van der Waals surface area contributed by atoms with Crippen LogP contribution in [0.1, 0.15) is 21.5 Å². The van der Waals surface area contributed by atoms with Crippen molar-refractivity contribution in [3.8, 4) is 23.2 Å². The number of nitriles is 1. The van der Waals surface area contributed by atoms with Crippen LogP contribution < -0.4 is 4.74 Å². The summed E-state index contributed by atoms with van der Waals surface area (Å²) in [6, 6.07) is 14.0. The van der Waals surface area contributed by atoms with Crippen LogP contribution in [0.4, 0.5) is 4.39 Å². The molecule has 4 rings (SSSR count). The number of hydrogen-bond donors (Lipinski definition) is 1. The summed E-state index contributed by atoms with van der Waals surface area (Å²) in [6.07, 6.45) is 0. The first kappa shape index (κ1) is 23.2. The van der Waals surface area contributed by atoms with Crippen LogP contribution in [0, 0.1) is 17.1 Å². The van der Waals surface area contributed by atoms with Gasteiger partial charge < -0.3 is 19.1 Å². The molecule has 0 saturated heterocycles. The SMILES string of the molecule is COCCn1c(Cl)nc2c(-c3cccc(OCc4ccc(C#N)cc4F)n3)cc(C(=O)O)cc21. The van der Waals surface area contributed by atoms with E-state index in [9.17, 15) is 14.3 Å². The molecule has 0 fully saturated rings. The fourth-order valence-electron chi connectivity index (χ4n) is 3.44. The van der Waals surface area contributed by atoms with Crippen molar-refractivity contribution in [2.45, 2.75) is 13.2 Å². The summed E-state index contributed by atoms with van der Waals surface area (Å²) >= 11 is 6.33. The third kappa shape index (κ3) is 4.69. The van der Waals surface area contributed by atoms with E-state index < -0.39 is 11.8 Å². The zero-order chi connectivity index (χ0) is 24.2. The number of carboxylic acids is 1. The molecular weight excluding hydrogens is 463 g/mol. The Morgan fingerprint density at radius 1 is 1.24 bits per heavy atom. The summed E-state index contributed by atoms with van der Waals surface area (Å²) in [4.78, 5) is 20.7. The van der Waals surface area contributed by atoms with E-state index in [0.717, 1.165) is 6.07 Å². The maximum Gasteiger partial charge on any atom is 0.335 e. The first-order chi connectivity index (χ1) is 16.4. The number of rotatable bonds is 8. The van der Waals surface area contributed by atoms with E-state index in [1.54, 1.807) is 29.9 Å². The Kier molecular flexibility index (Phi) is 6.72. The molecule has 2 aromatic heterocycles. The number of pyridine rings is 1. The monoisotopic (exact) mass is 480 g/mol. The van der Waals surface area contributed by atoms with Gasteiger partial charge >= 0.3 is 5.97 Å². The van der Waals surface area contributed by atoms with Gasteiger partial charge in [0.05, 0.1) is 40.5 Å². The molecule has 2 aromatic carbocycles. The molecule has 0 aliphatic rings. The Morgan fingerprint density at radius 3 is 2.76 bits per heavy atom. The van der Waals surface area contributed by atoms with E-state index in [4.69, 9.17) is 26.3 Å². The van der Waals surface area contributed by atoms with Gasteiger partial charge in [0, 0.05) is 30.8 Å². The van der Waals surface area contributed by atoms with Gasteiger partial charge in [0.25, 0.3) is 0 Å². The first-order valence-corrected chi connectivity index (χ1v) is 10.5. The van der Waals surface area contributed by atoms with E-state index in [0.29, 0.717) is 35.4 Å². The molecule has 0 amide bonds. The smallest absolute Gasteiger partial charge is 0.335 e. The maximum atomic E-state index is 14.2. The average Bonchev–Trinajstić information content (AvgIpc) is 3.16. The molecule has 0 aliphatic carbocycles. The van der Waals surface area contributed by atoms with Crippen molar-refractivity contribution in [1.29, 1.82) is 5.26 Å². The van der Waals surface area contributed by atoms with Gasteiger partial charge in [-0.2, -0.15) is 5.26 Å². The number of carbonyl (C=O) groups is 1. The fourth-order valence-corrected chi connectivity index (χ4v) is 3.70. The van der Waals surface area contributed by atoms with Crippen LogP contribution in [-0.4, -0.2) is 39.3 Å². The number of benzene rings is 2. The highest BCUT2D eigenvalue weighted by molar-refractivity contribution is 6.29. The summed E-state index contributed by atoms with van der Waals surface area (Å²) in [7, 11) is 1.56. The standard InChI is InChI=1S/C24H18ClFN4O4/c1-33-8-7-30-20-11-16(23(31)32)10-17(22(20)29-24(30)25)19-3-2-4-21(28-19)34-13-15-6-5-14(12-27)9-18(15)26/h2-6,9-11H,7-8,13H2,1H3,(H,31,32). The van der Waals surface area contributed by atoms with E-state index in [1.807, 2.05) is 6.07 Å². The van der Waals surface area contributed by atoms with E-state index in [2.05, 4.69) is 9.97 Å². The zero-order valence-corrected chi connectivity index (χ0v) is 18.7. The summed E-state index contributed by atoms with van der Waals surface area (Å²) < 4.78 is 26.6. The normalized spacial score (nSPS) is 10.9. The summed E-state index contributed by atoms with van der Waals surface area (Å²) in [6.45, 7) is 0.655. The lowest BCUT2D eigenvalue weighted by atomic mass is 10.0. The Morgan fingerprint density at radius 2 is 2.06 bits per heavy atom. The van der Waals surface area contributed by atoms with Gasteiger partial charge in [-0.25, -0.2) is 19.2 Å². The number of imidazole rings is 1. The van der Waals surface area contributed by atoms with Gasteiger partial charge in [0.1, 0.15) is 12.4 Å². The molecule has 172 valence electrons. The Labute approximate surface area is 198 Å².